The van der Waals surface area contributed by atoms with E-state index in [-0.39, 0.29) is 17.7 Å². The first-order chi connectivity index (χ1) is 16.1. The van der Waals surface area contributed by atoms with Crippen LogP contribution >= 0.6 is 0 Å². The quantitative estimate of drug-likeness (QED) is 0.489. The van der Waals surface area contributed by atoms with Crippen LogP contribution in [0, 0.1) is 5.82 Å². The predicted octanol–water partition coefficient (Wildman–Crippen LogP) is 3.02. The van der Waals surface area contributed by atoms with Gasteiger partial charge in [-0.1, -0.05) is 30.3 Å². The Morgan fingerprint density at radius 1 is 0.970 bits per heavy atom. The predicted molar refractivity (Wildman–Crippen MR) is 125 cm³/mol. The minimum atomic E-state index is -0.309. The lowest BCUT2D eigenvalue weighted by Gasteiger charge is -2.35. The zero-order valence-electron chi connectivity index (χ0n) is 18.0. The Labute approximate surface area is 190 Å². The number of aromatic nitrogens is 4. The number of H-pyrrole nitrogens is 1. The van der Waals surface area contributed by atoms with E-state index in [1.54, 1.807) is 12.1 Å². The molecular formula is C24H24FN7O. The second-order valence-electron chi connectivity index (χ2n) is 8.05. The molecule has 1 fully saturated rings. The molecule has 0 atom stereocenters. The van der Waals surface area contributed by atoms with Crippen molar-refractivity contribution in [2.75, 3.05) is 36.8 Å². The molecule has 168 valence electrons. The van der Waals surface area contributed by atoms with Gasteiger partial charge in [0.25, 0.3) is 0 Å². The number of aromatic amines is 1. The number of piperazine rings is 1. The number of fused-ring (bicyclic) bond motifs is 1. The van der Waals surface area contributed by atoms with Crippen LogP contribution in [0.5, 0.6) is 0 Å². The first-order valence-electron chi connectivity index (χ1n) is 10.9. The van der Waals surface area contributed by atoms with Crippen LogP contribution < -0.4 is 10.6 Å². The third-order valence-corrected chi connectivity index (χ3v) is 5.87. The minimum absolute atomic E-state index is 0.135. The van der Waals surface area contributed by atoms with Gasteiger partial charge in [0.05, 0.1) is 0 Å². The highest BCUT2D eigenvalue weighted by Crippen LogP contribution is 2.27. The van der Waals surface area contributed by atoms with E-state index in [2.05, 4.69) is 24.8 Å². The van der Waals surface area contributed by atoms with Gasteiger partial charge in [0.1, 0.15) is 17.2 Å². The maximum atomic E-state index is 13.3. The first-order valence-corrected chi connectivity index (χ1v) is 10.9. The number of nitrogen functional groups attached to an aromatic ring is 1. The van der Waals surface area contributed by atoms with E-state index < -0.39 is 0 Å². The van der Waals surface area contributed by atoms with Gasteiger partial charge in [-0.05, 0) is 36.2 Å². The molecule has 33 heavy (non-hydrogen) atoms. The van der Waals surface area contributed by atoms with Gasteiger partial charge in [0.2, 0.25) is 11.9 Å². The van der Waals surface area contributed by atoms with Gasteiger partial charge in [0, 0.05) is 38.2 Å². The van der Waals surface area contributed by atoms with E-state index in [0.717, 1.165) is 12.0 Å². The minimum Gasteiger partial charge on any atom is -0.368 e. The van der Waals surface area contributed by atoms with E-state index in [9.17, 15) is 9.18 Å². The standard InChI is InChI=1S/C24H24FN7O/c25-18-9-7-17(8-10-18)21-27-20-22(28-21)29-24(26)30-23(20)32-14-12-31(13-15-32)19(33)11-6-16-4-2-1-3-5-16/h1-5,7-10H,6,11-15H2,(H3,26,27,28,29,30). The van der Waals surface area contributed by atoms with E-state index in [1.807, 2.05) is 35.2 Å². The lowest BCUT2D eigenvalue weighted by molar-refractivity contribution is -0.131. The molecular weight excluding hydrogens is 421 g/mol. The van der Waals surface area contributed by atoms with Gasteiger partial charge >= 0.3 is 0 Å². The molecule has 2 aromatic carbocycles. The van der Waals surface area contributed by atoms with Crippen molar-refractivity contribution >= 4 is 28.8 Å². The normalized spacial score (nSPS) is 14.1. The smallest absolute Gasteiger partial charge is 0.224 e. The van der Waals surface area contributed by atoms with Crippen LogP contribution in [-0.2, 0) is 11.2 Å². The molecule has 4 aromatic rings. The molecule has 0 radical (unpaired) electrons. The molecule has 1 saturated heterocycles. The Hall–Kier alpha value is -4.01. The van der Waals surface area contributed by atoms with Crippen LogP contribution in [-0.4, -0.2) is 56.9 Å². The fraction of sp³-hybridized carbons (Fsp3) is 0.250. The van der Waals surface area contributed by atoms with E-state index in [0.29, 0.717) is 55.4 Å². The average molecular weight is 446 g/mol. The molecule has 2 aromatic heterocycles. The molecule has 3 heterocycles. The summed E-state index contributed by atoms with van der Waals surface area (Å²) >= 11 is 0. The Bertz CT molecular complexity index is 1270. The number of anilines is 2. The molecule has 1 amide bonds. The molecule has 0 saturated carbocycles. The fourth-order valence-corrected chi connectivity index (χ4v) is 4.09. The van der Waals surface area contributed by atoms with Gasteiger partial charge < -0.3 is 20.5 Å². The summed E-state index contributed by atoms with van der Waals surface area (Å²) in [6, 6.07) is 16.1. The number of aryl methyl sites for hydroxylation is 1. The van der Waals surface area contributed by atoms with Gasteiger partial charge in [-0.15, -0.1) is 0 Å². The van der Waals surface area contributed by atoms with Crippen molar-refractivity contribution in [3.63, 3.8) is 0 Å². The number of carbonyl (C=O) groups is 1. The molecule has 0 unspecified atom stereocenters. The number of amides is 1. The van der Waals surface area contributed by atoms with Crippen LogP contribution in [0.4, 0.5) is 16.2 Å². The Morgan fingerprint density at radius 2 is 1.70 bits per heavy atom. The maximum Gasteiger partial charge on any atom is 0.224 e. The third-order valence-electron chi connectivity index (χ3n) is 5.87. The first kappa shape index (κ1) is 20.9. The average Bonchev–Trinajstić information content (AvgIpc) is 3.27. The number of benzene rings is 2. The van der Waals surface area contributed by atoms with E-state index in [1.165, 1.54) is 17.7 Å². The van der Waals surface area contributed by atoms with Crippen LogP contribution in [0.3, 0.4) is 0 Å². The van der Waals surface area contributed by atoms with E-state index in [4.69, 9.17) is 5.73 Å². The molecule has 0 aliphatic carbocycles. The van der Waals surface area contributed by atoms with Crippen molar-refractivity contribution in [1.82, 2.24) is 24.8 Å². The zero-order chi connectivity index (χ0) is 22.8. The molecule has 1 aliphatic heterocycles. The third kappa shape index (κ3) is 4.48. The number of halogens is 1. The van der Waals surface area contributed by atoms with Gasteiger partial charge in [-0.25, -0.2) is 9.37 Å². The molecule has 0 bridgehead atoms. The SMILES string of the molecule is Nc1nc(N2CCN(C(=O)CCc3ccccc3)CC2)c2[nH]c(-c3ccc(F)cc3)nc2n1. The summed E-state index contributed by atoms with van der Waals surface area (Å²) in [5.74, 6) is 1.22. The Morgan fingerprint density at radius 3 is 2.42 bits per heavy atom. The highest BCUT2D eigenvalue weighted by atomic mass is 19.1. The van der Waals surface area contributed by atoms with Crippen molar-refractivity contribution < 1.29 is 9.18 Å². The lowest BCUT2D eigenvalue weighted by atomic mass is 10.1. The van der Waals surface area contributed by atoms with Gasteiger partial charge in [-0.3, -0.25) is 4.79 Å². The van der Waals surface area contributed by atoms with Crippen LogP contribution in [0.1, 0.15) is 12.0 Å². The molecule has 8 nitrogen and oxygen atoms in total. The number of imidazole rings is 1. The Kier molecular flexibility index (Phi) is 5.60. The number of hydrogen-bond acceptors (Lipinski definition) is 6. The highest BCUT2D eigenvalue weighted by molar-refractivity contribution is 5.87. The highest BCUT2D eigenvalue weighted by Gasteiger charge is 2.24. The van der Waals surface area contributed by atoms with Crippen molar-refractivity contribution in [3.05, 3.63) is 66.0 Å². The summed E-state index contributed by atoms with van der Waals surface area (Å²) in [4.78, 5) is 33.2. The van der Waals surface area contributed by atoms with E-state index >= 15 is 0 Å². The molecule has 9 heteroatoms. The summed E-state index contributed by atoms with van der Waals surface area (Å²) in [5.41, 5.74) is 8.99. The van der Waals surface area contributed by atoms with Gasteiger partial charge in [0.15, 0.2) is 11.5 Å². The molecule has 3 N–H and O–H groups in total. The monoisotopic (exact) mass is 445 g/mol. The zero-order valence-corrected chi connectivity index (χ0v) is 18.0. The number of carbonyl (C=O) groups excluding carboxylic acids is 1. The second kappa shape index (κ2) is 8.85. The number of nitrogens with zero attached hydrogens (tertiary/aromatic N) is 5. The lowest BCUT2D eigenvalue weighted by Crippen LogP contribution is -2.49. The number of nitrogens with one attached hydrogen (secondary N) is 1. The Balaban J connectivity index is 1.30. The van der Waals surface area contributed by atoms with Crippen LogP contribution in [0.25, 0.3) is 22.6 Å². The summed E-state index contributed by atoms with van der Waals surface area (Å²) in [5, 5.41) is 0. The number of hydrogen-bond donors (Lipinski definition) is 2. The summed E-state index contributed by atoms with van der Waals surface area (Å²) < 4.78 is 13.3. The summed E-state index contributed by atoms with van der Waals surface area (Å²) in [6.07, 6.45) is 1.24. The number of rotatable bonds is 5. The van der Waals surface area contributed by atoms with Gasteiger partial charge in [-0.2, -0.15) is 9.97 Å². The van der Waals surface area contributed by atoms with Crippen LogP contribution in [0.2, 0.25) is 0 Å². The van der Waals surface area contributed by atoms with Crippen molar-refractivity contribution in [1.29, 1.82) is 0 Å². The molecule has 1 aliphatic rings. The second-order valence-corrected chi connectivity index (χ2v) is 8.05. The largest absolute Gasteiger partial charge is 0.368 e. The van der Waals surface area contributed by atoms with Crippen molar-refractivity contribution in [2.24, 2.45) is 0 Å². The van der Waals surface area contributed by atoms with Crippen LogP contribution in [0.15, 0.2) is 54.6 Å². The molecule has 5 rings (SSSR count). The number of nitrogens with two attached hydrogens (primary N) is 1. The fourth-order valence-electron chi connectivity index (χ4n) is 4.09. The summed E-state index contributed by atoms with van der Waals surface area (Å²) in [7, 11) is 0. The summed E-state index contributed by atoms with van der Waals surface area (Å²) in [6.45, 7) is 2.48. The maximum absolute atomic E-state index is 13.3. The van der Waals surface area contributed by atoms with Crippen molar-refractivity contribution in [3.8, 4) is 11.4 Å². The molecule has 0 spiro atoms. The topological polar surface area (TPSA) is 104 Å². The van der Waals surface area contributed by atoms with Crippen molar-refractivity contribution in [2.45, 2.75) is 12.8 Å².